The molecular formula is C18H23N3O. The molecule has 22 heavy (non-hydrogen) atoms. The van der Waals surface area contributed by atoms with Crippen LogP contribution in [0.3, 0.4) is 0 Å². The number of rotatable bonds is 7. The van der Waals surface area contributed by atoms with Crippen molar-refractivity contribution in [2.45, 2.75) is 32.2 Å². The Balaban J connectivity index is 1.62. The number of aryl methyl sites for hydroxylation is 1. The number of hydrogen-bond donors (Lipinski definition) is 2. The van der Waals surface area contributed by atoms with E-state index in [0.717, 1.165) is 24.8 Å². The van der Waals surface area contributed by atoms with Gasteiger partial charge in [0.05, 0.1) is 0 Å². The molecule has 2 amide bonds. The van der Waals surface area contributed by atoms with Crippen molar-refractivity contribution in [3.63, 3.8) is 0 Å². The summed E-state index contributed by atoms with van der Waals surface area (Å²) in [4.78, 5) is 15.9. The summed E-state index contributed by atoms with van der Waals surface area (Å²) < 4.78 is 0. The number of amides is 2. The molecule has 1 atom stereocenters. The summed E-state index contributed by atoms with van der Waals surface area (Å²) in [5.74, 6) is 0. The molecule has 4 heteroatoms. The van der Waals surface area contributed by atoms with Gasteiger partial charge in [-0.25, -0.2) is 4.79 Å². The maximum atomic E-state index is 11.8. The summed E-state index contributed by atoms with van der Waals surface area (Å²) in [5, 5.41) is 5.85. The molecule has 2 aromatic rings. The second-order valence-corrected chi connectivity index (χ2v) is 5.44. The molecular weight excluding hydrogens is 274 g/mol. The van der Waals surface area contributed by atoms with Gasteiger partial charge < -0.3 is 10.6 Å². The van der Waals surface area contributed by atoms with Gasteiger partial charge in [0.15, 0.2) is 0 Å². The smallest absolute Gasteiger partial charge is 0.315 e. The van der Waals surface area contributed by atoms with Crippen LogP contribution in [-0.2, 0) is 12.8 Å². The molecule has 0 saturated heterocycles. The second-order valence-electron chi connectivity index (χ2n) is 5.44. The van der Waals surface area contributed by atoms with Gasteiger partial charge >= 0.3 is 6.03 Å². The Kier molecular flexibility index (Phi) is 6.42. The number of hydrogen-bond acceptors (Lipinski definition) is 2. The summed E-state index contributed by atoms with van der Waals surface area (Å²) in [6.45, 7) is 2.65. The molecule has 2 N–H and O–H groups in total. The standard InChI is InChI=1S/C18H23N3O/c1-15(9-10-16-6-3-2-4-7-16)21-18(22)20-13-11-17-8-5-12-19-14-17/h2-8,12,14-15H,9-11,13H2,1H3,(H2,20,21,22). The van der Waals surface area contributed by atoms with Crippen LogP contribution >= 0.6 is 0 Å². The van der Waals surface area contributed by atoms with Crippen LogP contribution in [-0.4, -0.2) is 23.6 Å². The molecule has 1 aromatic heterocycles. The van der Waals surface area contributed by atoms with Gasteiger partial charge in [-0.3, -0.25) is 4.98 Å². The van der Waals surface area contributed by atoms with Crippen molar-refractivity contribution in [2.75, 3.05) is 6.54 Å². The van der Waals surface area contributed by atoms with Crippen molar-refractivity contribution in [1.29, 1.82) is 0 Å². The van der Waals surface area contributed by atoms with E-state index in [-0.39, 0.29) is 12.1 Å². The molecule has 116 valence electrons. The van der Waals surface area contributed by atoms with Crippen molar-refractivity contribution < 1.29 is 4.79 Å². The van der Waals surface area contributed by atoms with E-state index in [1.165, 1.54) is 5.56 Å². The summed E-state index contributed by atoms with van der Waals surface area (Å²) in [7, 11) is 0. The number of aromatic nitrogens is 1. The van der Waals surface area contributed by atoms with Gasteiger partial charge in [0.1, 0.15) is 0 Å². The fraction of sp³-hybridized carbons (Fsp3) is 0.333. The average molecular weight is 297 g/mol. The Hall–Kier alpha value is -2.36. The maximum absolute atomic E-state index is 11.8. The zero-order chi connectivity index (χ0) is 15.6. The Labute approximate surface area is 132 Å². The minimum Gasteiger partial charge on any atom is -0.338 e. The van der Waals surface area contributed by atoms with E-state index < -0.39 is 0 Å². The molecule has 0 aliphatic carbocycles. The first-order valence-corrected chi connectivity index (χ1v) is 7.71. The summed E-state index contributed by atoms with van der Waals surface area (Å²) in [6, 6.07) is 14.3. The topological polar surface area (TPSA) is 54.0 Å². The summed E-state index contributed by atoms with van der Waals surface area (Å²) in [6.07, 6.45) is 6.26. The largest absolute Gasteiger partial charge is 0.338 e. The van der Waals surface area contributed by atoms with E-state index in [2.05, 4.69) is 27.8 Å². The van der Waals surface area contributed by atoms with Gasteiger partial charge in [-0.05, 0) is 43.4 Å². The molecule has 0 spiro atoms. The third-order valence-electron chi connectivity index (χ3n) is 3.51. The molecule has 2 rings (SSSR count). The molecule has 1 unspecified atom stereocenters. The number of urea groups is 1. The van der Waals surface area contributed by atoms with E-state index in [1.807, 2.05) is 43.5 Å². The van der Waals surface area contributed by atoms with Crippen molar-refractivity contribution in [3.8, 4) is 0 Å². The molecule has 0 fully saturated rings. The number of carbonyl (C=O) groups excluding carboxylic acids is 1. The lowest BCUT2D eigenvalue weighted by atomic mass is 10.1. The van der Waals surface area contributed by atoms with E-state index >= 15 is 0 Å². The fourth-order valence-electron chi connectivity index (χ4n) is 2.24. The highest BCUT2D eigenvalue weighted by Gasteiger charge is 2.06. The zero-order valence-electron chi connectivity index (χ0n) is 13.0. The predicted molar refractivity (Wildman–Crippen MR) is 88.7 cm³/mol. The van der Waals surface area contributed by atoms with Crippen molar-refractivity contribution in [2.24, 2.45) is 0 Å². The molecule has 0 aliphatic heterocycles. The number of benzene rings is 1. The van der Waals surface area contributed by atoms with Gasteiger partial charge in [-0.15, -0.1) is 0 Å². The minimum atomic E-state index is -0.107. The zero-order valence-corrected chi connectivity index (χ0v) is 13.0. The maximum Gasteiger partial charge on any atom is 0.315 e. The number of nitrogens with zero attached hydrogens (tertiary/aromatic N) is 1. The van der Waals surface area contributed by atoms with Gasteiger partial charge in [0.25, 0.3) is 0 Å². The highest BCUT2D eigenvalue weighted by atomic mass is 16.2. The van der Waals surface area contributed by atoms with Crippen LogP contribution < -0.4 is 10.6 Å². The Morgan fingerprint density at radius 2 is 1.86 bits per heavy atom. The molecule has 0 bridgehead atoms. The van der Waals surface area contributed by atoms with Crippen LogP contribution in [0, 0.1) is 0 Å². The van der Waals surface area contributed by atoms with Crippen molar-refractivity contribution in [1.82, 2.24) is 15.6 Å². The van der Waals surface area contributed by atoms with Crippen LogP contribution in [0.25, 0.3) is 0 Å². The van der Waals surface area contributed by atoms with Gasteiger partial charge in [-0.2, -0.15) is 0 Å². The third kappa shape index (κ3) is 5.95. The Morgan fingerprint density at radius 1 is 1.09 bits per heavy atom. The van der Waals surface area contributed by atoms with Gasteiger partial charge in [0, 0.05) is 25.0 Å². The van der Waals surface area contributed by atoms with Gasteiger partial charge in [0.2, 0.25) is 0 Å². The van der Waals surface area contributed by atoms with Crippen molar-refractivity contribution >= 4 is 6.03 Å². The minimum absolute atomic E-state index is 0.107. The Morgan fingerprint density at radius 3 is 2.59 bits per heavy atom. The fourth-order valence-corrected chi connectivity index (χ4v) is 2.24. The second kappa shape index (κ2) is 8.82. The van der Waals surface area contributed by atoms with Crippen molar-refractivity contribution in [3.05, 3.63) is 66.0 Å². The molecule has 4 nitrogen and oxygen atoms in total. The van der Waals surface area contributed by atoms with Crippen LogP contribution in [0.1, 0.15) is 24.5 Å². The first kappa shape index (κ1) is 16.0. The van der Waals surface area contributed by atoms with E-state index in [9.17, 15) is 4.79 Å². The average Bonchev–Trinajstić information content (AvgIpc) is 2.55. The molecule has 1 aromatic carbocycles. The SMILES string of the molecule is CC(CCc1ccccc1)NC(=O)NCCc1cccnc1. The summed E-state index contributed by atoms with van der Waals surface area (Å²) >= 11 is 0. The quantitative estimate of drug-likeness (QED) is 0.825. The Bertz CT molecular complexity index is 557. The molecule has 0 aliphatic rings. The number of nitrogens with one attached hydrogen (secondary N) is 2. The normalized spacial score (nSPS) is 11.7. The van der Waals surface area contributed by atoms with Crippen LogP contribution in [0.4, 0.5) is 4.79 Å². The number of carbonyl (C=O) groups is 1. The van der Waals surface area contributed by atoms with Crippen LogP contribution in [0.15, 0.2) is 54.9 Å². The monoisotopic (exact) mass is 297 g/mol. The number of pyridine rings is 1. The highest BCUT2D eigenvalue weighted by Crippen LogP contribution is 2.04. The first-order chi connectivity index (χ1) is 10.7. The van der Waals surface area contributed by atoms with Gasteiger partial charge in [-0.1, -0.05) is 36.4 Å². The molecule has 0 radical (unpaired) electrons. The predicted octanol–water partition coefficient (Wildman–Crippen LogP) is 2.94. The molecule has 0 saturated carbocycles. The van der Waals surface area contributed by atoms with Crippen LogP contribution in [0.2, 0.25) is 0 Å². The lowest BCUT2D eigenvalue weighted by molar-refractivity contribution is 0.237. The molecule has 1 heterocycles. The van der Waals surface area contributed by atoms with E-state index in [1.54, 1.807) is 6.20 Å². The highest BCUT2D eigenvalue weighted by molar-refractivity contribution is 5.74. The lowest BCUT2D eigenvalue weighted by Gasteiger charge is -2.14. The lowest BCUT2D eigenvalue weighted by Crippen LogP contribution is -2.41. The van der Waals surface area contributed by atoms with Crippen LogP contribution in [0.5, 0.6) is 0 Å². The van der Waals surface area contributed by atoms with E-state index in [4.69, 9.17) is 0 Å². The third-order valence-corrected chi connectivity index (χ3v) is 3.51. The summed E-state index contributed by atoms with van der Waals surface area (Å²) in [5.41, 5.74) is 2.42. The first-order valence-electron chi connectivity index (χ1n) is 7.71. The van der Waals surface area contributed by atoms with E-state index in [0.29, 0.717) is 6.54 Å².